The van der Waals surface area contributed by atoms with Gasteiger partial charge in [0.25, 0.3) is 5.91 Å². The van der Waals surface area contributed by atoms with Crippen LogP contribution in [0.5, 0.6) is 0 Å². The first-order valence-electron chi connectivity index (χ1n) is 12.5. The van der Waals surface area contributed by atoms with Gasteiger partial charge in [-0.25, -0.2) is 14.4 Å². The summed E-state index contributed by atoms with van der Waals surface area (Å²) in [6.45, 7) is 5.20. The number of fused-ring (bicyclic) bond motifs is 2. The van der Waals surface area contributed by atoms with Crippen molar-refractivity contribution >= 4 is 39.0 Å². The van der Waals surface area contributed by atoms with Crippen LogP contribution in [0.25, 0.3) is 10.2 Å². The van der Waals surface area contributed by atoms with Gasteiger partial charge in [0.05, 0.1) is 30.5 Å². The van der Waals surface area contributed by atoms with E-state index in [0.717, 1.165) is 27.2 Å². The van der Waals surface area contributed by atoms with Gasteiger partial charge in [-0.15, -0.1) is 11.3 Å². The molecule has 4 atom stereocenters. The predicted molar refractivity (Wildman–Crippen MR) is 143 cm³/mol. The molecule has 5 rings (SSSR count). The van der Waals surface area contributed by atoms with Crippen molar-refractivity contribution in [3.05, 3.63) is 45.8 Å². The van der Waals surface area contributed by atoms with Crippen LogP contribution < -0.4 is 21.7 Å². The second-order valence-electron chi connectivity index (χ2n) is 9.95. The molecule has 3 aromatic rings. The molecule has 3 aromatic heterocycles. The summed E-state index contributed by atoms with van der Waals surface area (Å²) in [6.07, 6.45) is 1.60. The Balaban J connectivity index is 1.25. The third kappa shape index (κ3) is 5.26. The summed E-state index contributed by atoms with van der Waals surface area (Å²) in [5.41, 5.74) is 15.5. The van der Waals surface area contributed by atoms with E-state index in [0.29, 0.717) is 55.3 Å². The first-order valence-corrected chi connectivity index (χ1v) is 13.3. The highest BCUT2D eigenvalue weighted by molar-refractivity contribution is 7.21. The van der Waals surface area contributed by atoms with E-state index in [1.54, 1.807) is 13.2 Å². The minimum atomic E-state index is -0.390. The van der Waals surface area contributed by atoms with Crippen LogP contribution in [0.15, 0.2) is 18.2 Å². The van der Waals surface area contributed by atoms with E-state index in [9.17, 15) is 4.79 Å². The summed E-state index contributed by atoms with van der Waals surface area (Å²) >= 11 is 1.29. The number of rotatable bonds is 7. The summed E-state index contributed by atoms with van der Waals surface area (Å²) in [6, 6.07) is 4.95. The monoisotopic (exact) mass is 528 g/mol. The summed E-state index contributed by atoms with van der Waals surface area (Å²) in [4.78, 5) is 25.3. The molecule has 2 aliphatic rings. The molecule has 1 fully saturated rings. The number of hydrogen-bond donors (Lipinski definition) is 3. The molecule has 198 valence electrons. The number of nitrogens with two attached hydrogens (primary N) is 2. The zero-order valence-corrected chi connectivity index (χ0v) is 22.1. The van der Waals surface area contributed by atoms with Gasteiger partial charge in [0.15, 0.2) is 11.6 Å². The number of aromatic nitrogens is 2. The van der Waals surface area contributed by atoms with Crippen molar-refractivity contribution in [1.29, 1.82) is 0 Å². The van der Waals surface area contributed by atoms with Crippen LogP contribution in [-0.4, -0.2) is 67.0 Å². The average molecular weight is 529 g/mol. The molecule has 0 bridgehead atoms. The van der Waals surface area contributed by atoms with E-state index in [-0.39, 0.29) is 36.0 Å². The van der Waals surface area contributed by atoms with Gasteiger partial charge in [-0.1, -0.05) is 0 Å². The van der Waals surface area contributed by atoms with Crippen LogP contribution >= 0.6 is 11.3 Å². The Morgan fingerprint density at radius 3 is 2.95 bits per heavy atom. The first-order chi connectivity index (χ1) is 17.7. The molecular weight excluding hydrogens is 495 g/mol. The van der Waals surface area contributed by atoms with Crippen molar-refractivity contribution in [2.75, 3.05) is 37.4 Å². The lowest BCUT2D eigenvalue weighted by molar-refractivity contribution is -0.0166. The SMILES string of the molecule is COC(C)COC1CN(c2nc3c(cc2F)CC(NC(=O)c2sc4nc(C)ccc4c2N)CC3)CC1N. The van der Waals surface area contributed by atoms with E-state index in [4.69, 9.17) is 20.9 Å². The quantitative estimate of drug-likeness (QED) is 0.427. The highest BCUT2D eigenvalue weighted by Gasteiger charge is 2.34. The largest absolute Gasteiger partial charge is 0.397 e. The number of carbonyl (C=O) groups excluding carboxylic acids is 1. The summed E-state index contributed by atoms with van der Waals surface area (Å²) in [5, 5.41) is 3.87. The van der Waals surface area contributed by atoms with Crippen molar-refractivity contribution < 1.29 is 18.7 Å². The molecule has 4 unspecified atom stereocenters. The van der Waals surface area contributed by atoms with Crippen molar-refractivity contribution in [3.63, 3.8) is 0 Å². The van der Waals surface area contributed by atoms with Crippen molar-refractivity contribution in [2.45, 2.75) is 57.4 Å². The average Bonchev–Trinajstić information content (AvgIpc) is 3.40. The highest BCUT2D eigenvalue weighted by atomic mass is 32.1. The fourth-order valence-electron chi connectivity index (χ4n) is 4.96. The zero-order valence-electron chi connectivity index (χ0n) is 21.3. The topological polar surface area (TPSA) is 129 Å². The van der Waals surface area contributed by atoms with Crippen LogP contribution in [-0.2, 0) is 22.3 Å². The van der Waals surface area contributed by atoms with Gasteiger partial charge in [-0.3, -0.25) is 4.79 Å². The van der Waals surface area contributed by atoms with Gasteiger partial charge in [-0.05, 0) is 56.9 Å². The molecule has 1 aliphatic carbocycles. The van der Waals surface area contributed by atoms with Crippen molar-refractivity contribution in [2.24, 2.45) is 5.73 Å². The zero-order chi connectivity index (χ0) is 26.3. The van der Waals surface area contributed by atoms with Crippen LogP contribution in [0.1, 0.15) is 40.0 Å². The lowest BCUT2D eigenvalue weighted by Crippen LogP contribution is -2.39. The van der Waals surface area contributed by atoms with Crippen LogP contribution in [0, 0.1) is 12.7 Å². The third-order valence-corrected chi connectivity index (χ3v) is 8.27. The van der Waals surface area contributed by atoms with Crippen molar-refractivity contribution in [3.8, 4) is 0 Å². The standard InChI is InChI=1S/C26H33FN6O3S/c1-13-4-6-17-22(29)23(37-26(17)30-13)25(34)31-16-5-7-20-15(8-16)9-18(27)24(32-20)33-10-19(28)21(11-33)36-12-14(2)35-3/h4,6,9,14,16,19,21H,5,7-8,10-12,28-29H2,1-3H3,(H,31,34). The summed E-state index contributed by atoms with van der Waals surface area (Å²) in [5.74, 6) is -0.306. The van der Waals surface area contributed by atoms with Gasteiger partial charge in [0.1, 0.15) is 9.71 Å². The smallest absolute Gasteiger partial charge is 0.263 e. The molecule has 0 spiro atoms. The van der Waals surface area contributed by atoms with Crippen LogP contribution in [0.4, 0.5) is 15.9 Å². The maximum Gasteiger partial charge on any atom is 0.263 e. The molecule has 37 heavy (non-hydrogen) atoms. The second kappa shape index (κ2) is 10.5. The maximum atomic E-state index is 15.2. The van der Waals surface area contributed by atoms with Gasteiger partial charge >= 0.3 is 0 Å². The second-order valence-corrected chi connectivity index (χ2v) is 10.9. The van der Waals surface area contributed by atoms with Crippen molar-refractivity contribution in [1.82, 2.24) is 15.3 Å². The molecule has 5 N–H and O–H groups in total. The van der Waals surface area contributed by atoms with Gasteiger partial charge < -0.3 is 31.2 Å². The highest BCUT2D eigenvalue weighted by Crippen LogP contribution is 2.33. The molecule has 0 saturated carbocycles. The Kier molecular flexibility index (Phi) is 7.30. The molecular formula is C26H33FN6O3S. The minimum absolute atomic E-state index is 0.0375. The van der Waals surface area contributed by atoms with Crippen LogP contribution in [0.2, 0.25) is 0 Å². The Bertz CT molecular complexity index is 1320. The number of nitrogens with zero attached hydrogens (tertiary/aromatic N) is 3. The molecule has 0 aromatic carbocycles. The van der Waals surface area contributed by atoms with Gasteiger partial charge in [0, 0.05) is 43.0 Å². The number of nitrogen functional groups attached to an aromatic ring is 1. The van der Waals surface area contributed by atoms with E-state index >= 15 is 4.39 Å². The number of thiophene rings is 1. The first kappa shape index (κ1) is 25.8. The molecule has 0 radical (unpaired) electrons. The number of halogens is 1. The number of pyridine rings is 2. The van der Waals surface area contributed by atoms with E-state index in [2.05, 4.69) is 15.3 Å². The summed E-state index contributed by atoms with van der Waals surface area (Å²) in [7, 11) is 1.63. The Morgan fingerprint density at radius 1 is 1.35 bits per heavy atom. The minimum Gasteiger partial charge on any atom is -0.397 e. The number of carbonyl (C=O) groups is 1. The normalized spacial score (nSPS) is 22.3. The van der Waals surface area contributed by atoms with Gasteiger partial charge in [-0.2, -0.15) is 0 Å². The van der Waals surface area contributed by atoms with Gasteiger partial charge in [0.2, 0.25) is 0 Å². The lowest BCUT2D eigenvalue weighted by atomic mass is 9.91. The fourth-order valence-corrected chi connectivity index (χ4v) is 6.00. The van der Waals surface area contributed by atoms with Crippen LogP contribution in [0.3, 0.4) is 0 Å². The Labute approximate surface area is 219 Å². The number of nitrogens with one attached hydrogen (secondary N) is 1. The maximum absolute atomic E-state index is 15.2. The number of methoxy groups -OCH3 is 1. The molecule has 1 saturated heterocycles. The van der Waals surface area contributed by atoms with E-state index in [1.807, 2.05) is 30.9 Å². The molecule has 1 aliphatic heterocycles. The number of aryl methyl sites for hydroxylation is 2. The fraction of sp³-hybridized carbons (Fsp3) is 0.500. The molecule has 9 nitrogen and oxygen atoms in total. The number of amides is 1. The summed E-state index contributed by atoms with van der Waals surface area (Å²) < 4.78 is 26.3. The van der Waals surface area contributed by atoms with E-state index < -0.39 is 0 Å². The number of anilines is 2. The number of hydrogen-bond acceptors (Lipinski definition) is 9. The molecule has 1 amide bonds. The third-order valence-electron chi connectivity index (χ3n) is 7.15. The number of ether oxygens (including phenoxy) is 2. The van der Waals surface area contributed by atoms with E-state index in [1.165, 1.54) is 11.3 Å². The Morgan fingerprint density at radius 2 is 2.16 bits per heavy atom. The molecule has 11 heteroatoms. The predicted octanol–water partition coefficient (Wildman–Crippen LogP) is 2.58. The lowest BCUT2D eigenvalue weighted by Gasteiger charge is -2.27. The Hall–Kier alpha value is -2.86. The molecule has 4 heterocycles.